The van der Waals surface area contributed by atoms with E-state index >= 15 is 0 Å². The van der Waals surface area contributed by atoms with Crippen LogP contribution in [0.5, 0.6) is 0 Å². The van der Waals surface area contributed by atoms with Crippen molar-refractivity contribution < 1.29 is 42.6 Å². The van der Waals surface area contributed by atoms with E-state index in [-0.39, 0.29) is 25.7 Å². The molecule has 0 aromatic heterocycles. The lowest BCUT2D eigenvalue weighted by atomic mass is 9.84. The number of carbonyl (C=O) groups is 3. The Morgan fingerprint density at radius 3 is 2.32 bits per heavy atom. The molecule has 0 saturated heterocycles. The number of nitrogens with zero attached hydrogens (tertiary/aromatic N) is 1. The first-order valence-electron chi connectivity index (χ1n) is 13.9. The number of hydrogen-bond donors (Lipinski definition) is 3. The van der Waals surface area contributed by atoms with Crippen molar-refractivity contribution in [3.8, 4) is 0 Å². The van der Waals surface area contributed by atoms with E-state index in [2.05, 4.69) is 10.6 Å². The highest BCUT2D eigenvalue weighted by molar-refractivity contribution is 7.54. The molecule has 14 heteroatoms. The van der Waals surface area contributed by atoms with Crippen LogP contribution in [-0.2, 0) is 34.5 Å². The zero-order valence-electron chi connectivity index (χ0n) is 24.2. The molecule has 2 unspecified atom stereocenters. The fraction of sp³-hybridized carbons (Fsp3) is 0.667. The Morgan fingerprint density at radius 2 is 1.73 bits per heavy atom. The average Bonchev–Trinajstić information content (AvgIpc) is 2.94. The van der Waals surface area contributed by atoms with Crippen molar-refractivity contribution in [1.29, 1.82) is 0 Å². The summed E-state index contributed by atoms with van der Waals surface area (Å²) in [6, 6.07) is 4.44. The number of halogens is 1. The number of benzene rings is 1. The molecule has 232 valence electrons. The Bertz CT molecular complexity index is 1030. The van der Waals surface area contributed by atoms with Crippen molar-refractivity contribution in [1.82, 2.24) is 15.5 Å². The summed E-state index contributed by atoms with van der Waals surface area (Å²) in [6.45, 7) is 2.52. The molecule has 0 bridgehead atoms. The first-order chi connectivity index (χ1) is 19.5. The van der Waals surface area contributed by atoms with Crippen molar-refractivity contribution in [2.75, 3.05) is 33.9 Å². The van der Waals surface area contributed by atoms with Gasteiger partial charge in [0.2, 0.25) is 5.91 Å². The summed E-state index contributed by atoms with van der Waals surface area (Å²) in [7, 11) is -1.20. The van der Waals surface area contributed by atoms with Crippen LogP contribution in [0.1, 0.15) is 57.9 Å². The minimum absolute atomic E-state index is 0.0309. The van der Waals surface area contributed by atoms with Gasteiger partial charge in [-0.2, -0.15) is 0 Å². The highest BCUT2D eigenvalue weighted by Gasteiger charge is 2.42. The molecule has 3 N–H and O–H groups in total. The van der Waals surface area contributed by atoms with Crippen molar-refractivity contribution in [2.45, 2.75) is 76.9 Å². The molecule has 1 aliphatic carbocycles. The summed E-state index contributed by atoms with van der Waals surface area (Å²) in [5, 5.41) is 16.8. The molecule has 1 aliphatic rings. The summed E-state index contributed by atoms with van der Waals surface area (Å²) in [4.78, 5) is 39.6. The second kappa shape index (κ2) is 17.6. The lowest BCUT2D eigenvalue weighted by Crippen LogP contribution is -2.55. The maximum Gasteiger partial charge on any atom is 0.409 e. The van der Waals surface area contributed by atoms with Crippen LogP contribution in [0.3, 0.4) is 0 Å². The number of aliphatic hydroxyl groups is 1. The van der Waals surface area contributed by atoms with Gasteiger partial charge in [-0.25, -0.2) is 9.59 Å². The van der Waals surface area contributed by atoms with Crippen LogP contribution in [0.4, 0.5) is 9.59 Å². The van der Waals surface area contributed by atoms with E-state index in [1.807, 2.05) is 0 Å². The Morgan fingerprint density at radius 1 is 1.07 bits per heavy atom. The lowest BCUT2D eigenvalue weighted by Gasteiger charge is -2.31. The van der Waals surface area contributed by atoms with Gasteiger partial charge in [0.05, 0.1) is 13.2 Å². The third kappa shape index (κ3) is 11.8. The highest BCUT2D eigenvalue weighted by atomic mass is 35.5. The maximum absolute atomic E-state index is 13.6. The van der Waals surface area contributed by atoms with Gasteiger partial charge in [-0.3, -0.25) is 9.36 Å². The van der Waals surface area contributed by atoms with Crippen molar-refractivity contribution in [3.05, 3.63) is 34.9 Å². The van der Waals surface area contributed by atoms with Crippen LogP contribution in [0.15, 0.2) is 24.3 Å². The standard InChI is InChI=1S/C27H43ClN3O9P/c1-5-39-41(36,40-6-2)25(33)23(18-38-27(35)31(3)4)29-24(32)22(16-19-11-8-7-9-12-19)30-26(34)37-17-20-13-10-14-21(28)15-20/h10,13-15,19,22-23,25,33H,5-9,11-12,16-18H2,1-4H3,(H,29,32)(H,30,34)/t22-,23?,25?/m0/s1. The molecule has 0 spiro atoms. The zero-order valence-corrected chi connectivity index (χ0v) is 25.8. The van der Waals surface area contributed by atoms with E-state index in [1.165, 1.54) is 19.0 Å². The van der Waals surface area contributed by atoms with E-state index in [4.69, 9.17) is 30.1 Å². The highest BCUT2D eigenvalue weighted by Crippen LogP contribution is 2.53. The van der Waals surface area contributed by atoms with Crippen LogP contribution in [-0.4, -0.2) is 79.9 Å². The summed E-state index contributed by atoms with van der Waals surface area (Å²) in [5.74, 6) is -2.34. The Labute approximate surface area is 246 Å². The normalized spacial score (nSPS) is 16.2. The third-order valence-corrected chi connectivity index (χ3v) is 9.02. The predicted molar refractivity (Wildman–Crippen MR) is 154 cm³/mol. The largest absolute Gasteiger partial charge is 0.447 e. The molecule has 2 rings (SSSR count). The van der Waals surface area contributed by atoms with Crippen LogP contribution < -0.4 is 10.6 Å². The third-order valence-electron chi connectivity index (χ3n) is 6.54. The lowest BCUT2D eigenvalue weighted by molar-refractivity contribution is -0.125. The number of rotatable bonds is 15. The SMILES string of the molecule is CCOP(=O)(OCC)C(O)C(COC(=O)N(C)C)NC(=O)[C@H](CC1CCCCC1)NC(=O)OCc1cccc(Cl)c1. The quantitative estimate of drug-likeness (QED) is 0.238. The van der Waals surface area contributed by atoms with E-state index < -0.39 is 50.2 Å². The topological polar surface area (TPSA) is 153 Å². The summed E-state index contributed by atoms with van der Waals surface area (Å²) in [5.41, 5.74) is 0.675. The van der Waals surface area contributed by atoms with Gasteiger partial charge in [0.1, 0.15) is 25.3 Å². The van der Waals surface area contributed by atoms with Gasteiger partial charge in [0.15, 0.2) is 5.85 Å². The number of nitrogens with one attached hydrogen (secondary N) is 2. The Balaban J connectivity index is 2.22. The first kappa shape index (κ1) is 34.8. The van der Waals surface area contributed by atoms with Gasteiger partial charge in [-0.05, 0) is 43.9 Å². The molecular formula is C27H43ClN3O9P. The zero-order chi connectivity index (χ0) is 30.4. The fourth-order valence-electron chi connectivity index (χ4n) is 4.49. The van der Waals surface area contributed by atoms with E-state index in [9.17, 15) is 24.1 Å². The molecule has 12 nitrogen and oxygen atoms in total. The Kier molecular flexibility index (Phi) is 14.9. The average molecular weight is 620 g/mol. The number of carbonyl (C=O) groups excluding carboxylic acids is 3. The monoisotopic (exact) mass is 619 g/mol. The van der Waals surface area contributed by atoms with E-state index in [0.717, 1.165) is 32.1 Å². The molecule has 0 aliphatic heterocycles. The molecule has 0 radical (unpaired) electrons. The van der Waals surface area contributed by atoms with Gasteiger partial charge in [-0.1, -0.05) is 55.8 Å². The van der Waals surface area contributed by atoms with Gasteiger partial charge in [0.25, 0.3) is 0 Å². The molecule has 1 fully saturated rings. The summed E-state index contributed by atoms with van der Waals surface area (Å²) >= 11 is 6.00. The molecule has 3 atom stereocenters. The molecule has 3 amide bonds. The van der Waals surface area contributed by atoms with Gasteiger partial charge >= 0.3 is 19.8 Å². The van der Waals surface area contributed by atoms with Gasteiger partial charge < -0.3 is 39.2 Å². The van der Waals surface area contributed by atoms with Gasteiger partial charge in [-0.15, -0.1) is 0 Å². The number of alkyl carbamates (subject to hydrolysis) is 1. The second-order valence-corrected chi connectivity index (χ2v) is 12.6. The molecular weight excluding hydrogens is 577 g/mol. The number of ether oxygens (including phenoxy) is 2. The van der Waals surface area contributed by atoms with E-state index in [0.29, 0.717) is 17.0 Å². The minimum Gasteiger partial charge on any atom is -0.447 e. The number of aliphatic hydroxyl groups excluding tert-OH is 1. The molecule has 41 heavy (non-hydrogen) atoms. The molecule has 1 aromatic rings. The number of hydrogen-bond acceptors (Lipinski definition) is 9. The van der Waals surface area contributed by atoms with Crippen molar-refractivity contribution >= 4 is 37.3 Å². The minimum atomic E-state index is -4.13. The first-order valence-corrected chi connectivity index (χ1v) is 15.9. The summed E-state index contributed by atoms with van der Waals surface area (Å²) < 4.78 is 34.4. The van der Waals surface area contributed by atoms with Crippen LogP contribution in [0, 0.1) is 5.92 Å². The smallest absolute Gasteiger partial charge is 0.409 e. The second-order valence-electron chi connectivity index (χ2n) is 10.0. The van der Waals surface area contributed by atoms with Gasteiger partial charge in [0, 0.05) is 19.1 Å². The van der Waals surface area contributed by atoms with Crippen molar-refractivity contribution in [2.24, 2.45) is 5.92 Å². The summed E-state index contributed by atoms with van der Waals surface area (Å²) in [6.07, 6.45) is 3.73. The molecule has 1 saturated carbocycles. The fourth-order valence-corrected chi connectivity index (χ4v) is 6.41. The van der Waals surface area contributed by atoms with Crippen LogP contribution in [0.2, 0.25) is 5.02 Å². The predicted octanol–water partition coefficient (Wildman–Crippen LogP) is 4.67. The van der Waals surface area contributed by atoms with Crippen LogP contribution >= 0.6 is 19.2 Å². The molecule has 1 aromatic carbocycles. The Hall–Kier alpha value is -2.37. The van der Waals surface area contributed by atoms with E-state index in [1.54, 1.807) is 38.1 Å². The van der Waals surface area contributed by atoms with Crippen LogP contribution in [0.25, 0.3) is 0 Å². The molecule has 0 heterocycles. The van der Waals surface area contributed by atoms with Crippen molar-refractivity contribution in [3.63, 3.8) is 0 Å². The maximum atomic E-state index is 13.6. The number of amides is 3.